The molecule has 2 aromatic carbocycles. The molecule has 27 heavy (non-hydrogen) atoms. The second-order valence-electron chi connectivity index (χ2n) is 6.32. The van der Waals surface area contributed by atoms with E-state index in [9.17, 15) is 4.79 Å². The van der Waals surface area contributed by atoms with Gasteiger partial charge in [-0.3, -0.25) is 10.1 Å². The fraction of sp³-hybridized carbons (Fsp3) is 0.200. The lowest BCUT2D eigenvalue weighted by molar-refractivity contribution is -0.117. The van der Waals surface area contributed by atoms with Crippen LogP contribution in [0.1, 0.15) is 25.5 Å². The summed E-state index contributed by atoms with van der Waals surface area (Å²) in [5.41, 5.74) is 2.69. The lowest BCUT2D eigenvalue weighted by Gasteiger charge is -2.20. The summed E-state index contributed by atoms with van der Waals surface area (Å²) in [6.07, 6.45) is 5.39. The molecule has 0 fully saturated rings. The predicted octanol–water partition coefficient (Wildman–Crippen LogP) is 4.86. The van der Waals surface area contributed by atoms with Crippen molar-refractivity contribution in [2.24, 2.45) is 0 Å². The maximum atomic E-state index is 12.4. The molecule has 7 heteroatoms. The molecule has 3 rings (SSSR count). The Morgan fingerprint density at radius 3 is 2.33 bits per heavy atom. The second kappa shape index (κ2) is 8.57. The average molecular weight is 403 g/mol. The number of anilines is 1. The molecular formula is C20H20Cl2N4O. The van der Waals surface area contributed by atoms with Gasteiger partial charge >= 0.3 is 0 Å². The quantitative estimate of drug-likeness (QED) is 0.618. The lowest BCUT2D eigenvalue weighted by Crippen LogP contribution is -2.39. The number of hydrogen-bond donors (Lipinski definition) is 2. The fourth-order valence-corrected chi connectivity index (χ4v) is 3.30. The van der Waals surface area contributed by atoms with E-state index in [1.165, 1.54) is 0 Å². The molecular weight excluding hydrogens is 383 g/mol. The number of halogens is 2. The third-order valence-electron chi connectivity index (χ3n) is 4.22. The Morgan fingerprint density at radius 1 is 1.07 bits per heavy atom. The summed E-state index contributed by atoms with van der Waals surface area (Å²) in [6, 6.07) is 12.7. The molecule has 3 aromatic rings. The SMILES string of the molecule is C[C@@H](N[C@H](C)c1ccc(-n2ccnc2)cc1)C(=O)Nc1cc(Cl)cc(Cl)c1. The molecule has 0 bridgehead atoms. The molecule has 0 aliphatic rings. The van der Waals surface area contributed by atoms with Crippen molar-refractivity contribution >= 4 is 34.8 Å². The molecule has 0 saturated carbocycles. The number of carbonyl (C=O) groups excluding carboxylic acids is 1. The van der Waals surface area contributed by atoms with Gasteiger partial charge in [0.1, 0.15) is 0 Å². The molecule has 1 heterocycles. The van der Waals surface area contributed by atoms with Gasteiger partial charge in [-0.05, 0) is 49.7 Å². The van der Waals surface area contributed by atoms with Crippen LogP contribution in [0.15, 0.2) is 61.2 Å². The van der Waals surface area contributed by atoms with Crippen LogP contribution >= 0.6 is 23.2 Å². The Labute approximate surface area is 168 Å². The molecule has 0 spiro atoms. The molecule has 0 radical (unpaired) electrons. The van der Waals surface area contributed by atoms with E-state index in [2.05, 4.69) is 15.6 Å². The van der Waals surface area contributed by atoms with Crippen molar-refractivity contribution in [3.63, 3.8) is 0 Å². The van der Waals surface area contributed by atoms with Crippen molar-refractivity contribution in [3.05, 3.63) is 76.8 Å². The summed E-state index contributed by atoms with van der Waals surface area (Å²) >= 11 is 11.9. The smallest absolute Gasteiger partial charge is 0.241 e. The number of hydrogen-bond acceptors (Lipinski definition) is 3. The van der Waals surface area contributed by atoms with E-state index in [1.807, 2.05) is 48.9 Å². The minimum atomic E-state index is -0.397. The van der Waals surface area contributed by atoms with Gasteiger partial charge in [0.15, 0.2) is 0 Å². The Balaban J connectivity index is 1.61. The van der Waals surface area contributed by atoms with Gasteiger partial charge in [0.25, 0.3) is 0 Å². The van der Waals surface area contributed by atoms with Crippen LogP contribution in [-0.4, -0.2) is 21.5 Å². The highest BCUT2D eigenvalue weighted by atomic mass is 35.5. The normalized spacial score (nSPS) is 13.2. The van der Waals surface area contributed by atoms with Crippen molar-refractivity contribution in [2.45, 2.75) is 25.9 Å². The van der Waals surface area contributed by atoms with Gasteiger partial charge in [-0.15, -0.1) is 0 Å². The third-order valence-corrected chi connectivity index (χ3v) is 4.66. The van der Waals surface area contributed by atoms with Crippen molar-refractivity contribution < 1.29 is 4.79 Å². The Morgan fingerprint density at radius 2 is 1.74 bits per heavy atom. The zero-order valence-electron chi connectivity index (χ0n) is 15.0. The molecule has 1 amide bonds. The Bertz CT molecular complexity index is 890. The highest BCUT2D eigenvalue weighted by Crippen LogP contribution is 2.23. The van der Waals surface area contributed by atoms with Crippen LogP contribution in [0.5, 0.6) is 0 Å². The molecule has 0 saturated heterocycles. The van der Waals surface area contributed by atoms with Crippen LogP contribution in [0.25, 0.3) is 5.69 Å². The van der Waals surface area contributed by atoms with Crippen molar-refractivity contribution in [1.82, 2.24) is 14.9 Å². The van der Waals surface area contributed by atoms with Crippen molar-refractivity contribution in [2.75, 3.05) is 5.32 Å². The largest absolute Gasteiger partial charge is 0.325 e. The number of carbonyl (C=O) groups is 1. The van der Waals surface area contributed by atoms with Gasteiger partial charge in [-0.2, -0.15) is 0 Å². The monoisotopic (exact) mass is 402 g/mol. The average Bonchev–Trinajstić information content (AvgIpc) is 3.15. The van der Waals surface area contributed by atoms with E-state index in [4.69, 9.17) is 23.2 Å². The van der Waals surface area contributed by atoms with Crippen LogP contribution < -0.4 is 10.6 Å². The van der Waals surface area contributed by atoms with Crippen LogP contribution in [-0.2, 0) is 4.79 Å². The molecule has 140 valence electrons. The van der Waals surface area contributed by atoms with Crippen LogP contribution in [0.4, 0.5) is 5.69 Å². The van der Waals surface area contributed by atoms with Gasteiger partial charge in [0.05, 0.1) is 12.4 Å². The summed E-state index contributed by atoms with van der Waals surface area (Å²) < 4.78 is 1.94. The van der Waals surface area contributed by atoms with Gasteiger partial charge < -0.3 is 9.88 Å². The molecule has 0 unspecified atom stereocenters. The molecule has 0 aliphatic heterocycles. The minimum absolute atomic E-state index is 0.00513. The molecule has 2 atom stereocenters. The summed E-state index contributed by atoms with van der Waals surface area (Å²) in [4.78, 5) is 16.5. The van der Waals surface area contributed by atoms with Crippen molar-refractivity contribution in [3.8, 4) is 5.69 Å². The maximum Gasteiger partial charge on any atom is 0.241 e. The summed E-state index contributed by atoms with van der Waals surface area (Å²) in [5.74, 6) is -0.157. The highest BCUT2D eigenvalue weighted by Gasteiger charge is 2.17. The van der Waals surface area contributed by atoms with Crippen molar-refractivity contribution in [1.29, 1.82) is 0 Å². The zero-order chi connectivity index (χ0) is 19.4. The van der Waals surface area contributed by atoms with Crippen LogP contribution in [0.3, 0.4) is 0 Å². The zero-order valence-corrected chi connectivity index (χ0v) is 16.5. The minimum Gasteiger partial charge on any atom is -0.325 e. The van der Waals surface area contributed by atoms with Crippen LogP contribution in [0.2, 0.25) is 10.0 Å². The van der Waals surface area contributed by atoms with Crippen LogP contribution in [0, 0.1) is 0 Å². The number of benzene rings is 2. The molecule has 2 N–H and O–H groups in total. The first-order valence-corrected chi connectivity index (χ1v) is 9.29. The van der Waals surface area contributed by atoms with E-state index in [-0.39, 0.29) is 11.9 Å². The third kappa shape index (κ3) is 5.10. The number of rotatable bonds is 6. The summed E-state index contributed by atoms with van der Waals surface area (Å²) in [6.45, 7) is 3.84. The molecule has 1 aromatic heterocycles. The van der Waals surface area contributed by atoms with Gasteiger partial charge in [-0.1, -0.05) is 35.3 Å². The van der Waals surface area contributed by atoms with E-state index in [0.29, 0.717) is 15.7 Å². The number of aromatic nitrogens is 2. The highest BCUT2D eigenvalue weighted by molar-refractivity contribution is 6.35. The predicted molar refractivity (Wildman–Crippen MR) is 110 cm³/mol. The first-order valence-electron chi connectivity index (χ1n) is 8.53. The Kier molecular flexibility index (Phi) is 6.16. The first kappa shape index (κ1) is 19.4. The Hall–Kier alpha value is -2.34. The van der Waals surface area contributed by atoms with Gasteiger partial charge in [-0.25, -0.2) is 4.98 Å². The second-order valence-corrected chi connectivity index (χ2v) is 7.19. The maximum absolute atomic E-state index is 12.4. The number of nitrogens with one attached hydrogen (secondary N) is 2. The number of amides is 1. The van der Waals surface area contributed by atoms with E-state index >= 15 is 0 Å². The number of imidazole rings is 1. The summed E-state index contributed by atoms with van der Waals surface area (Å²) in [7, 11) is 0. The van der Waals surface area contributed by atoms with E-state index in [1.54, 1.807) is 30.7 Å². The first-order chi connectivity index (χ1) is 12.9. The van der Waals surface area contributed by atoms with Gasteiger partial charge in [0, 0.05) is 39.9 Å². The van der Waals surface area contributed by atoms with E-state index in [0.717, 1.165) is 11.3 Å². The fourth-order valence-electron chi connectivity index (χ4n) is 2.77. The summed E-state index contributed by atoms with van der Waals surface area (Å²) in [5, 5.41) is 7.08. The molecule has 0 aliphatic carbocycles. The topological polar surface area (TPSA) is 59.0 Å². The van der Waals surface area contributed by atoms with E-state index < -0.39 is 6.04 Å². The lowest BCUT2D eigenvalue weighted by atomic mass is 10.1. The standard InChI is InChI=1S/C20H20Cl2N4O/c1-13(15-3-5-19(6-4-15)26-8-7-23-12-26)24-14(2)20(27)25-18-10-16(21)9-17(22)11-18/h3-14,24H,1-2H3,(H,25,27)/t13-,14-/m1/s1. The molecule has 5 nitrogen and oxygen atoms in total. The van der Waals surface area contributed by atoms with Gasteiger partial charge in [0.2, 0.25) is 5.91 Å². The number of nitrogens with zero attached hydrogens (tertiary/aromatic N) is 2.